The molecule has 0 amide bonds. The smallest absolute Gasteiger partial charge is 0.244 e. The van der Waals surface area contributed by atoms with Crippen LogP contribution in [0.2, 0.25) is 0 Å². The summed E-state index contributed by atoms with van der Waals surface area (Å²) in [5.74, 6) is 0. The summed E-state index contributed by atoms with van der Waals surface area (Å²) in [6.07, 6.45) is 2.20. The largest absolute Gasteiger partial charge is 0.380 e. The second-order valence-electron chi connectivity index (χ2n) is 4.20. The van der Waals surface area contributed by atoms with Gasteiger partial charge in [-0.1, -0.05) is 18.2 Å². The summed E-state index contributed by atoms with van der Waals surface area (Å²) in [5.41, 5.74) is 0.736. The fourth-order valence-corrected chi connectivity index (χ4v) is 3.84. The molecule has 1 aliphatic heterocycles. The molecule has 4 nitrogen and oxygen atoms in total. The molecule has 0 aliphatic carbocycles. The van der Waals surface area contributed by atoms with E-state index in [0.29, 0.717) is 19.6 Å². The molecule has 17 heavy (non-hydrogen) atoms. The van der Waals surface area contributed by atoms with Gasteiger partial charge in [-0.25, -0.2) is 12.4 Å². The van der Waals surface area contributed by atoms with Crippen molar-refractivity contribution in [2.75, 3.05) is 13.2 Å². The standard InChI is InChI=1S/C12H13NO3S/c14-17(15,11-6-8-16-9-11)13-7-5-10-3-1-2-4-12(10)13/h1-5,7,11H,6,8-9H2. The van der Waals surface area contributed by atoms with E-state index < -0.39 is 15.3 Å². The highest BCUT2D eigenvalue weighted by Gasteiger charge is 2.31. The van der Waals surface area contributed by atoms with Gasteiger partial charge in [0.25, 0.3) is 0 Å². The van der Waals surface area contributed by atoms with Gasteiger partial charge in [0.1, 0.15) is 5.25 Å². The van der Waals surface area contributed by atoms with Crippen molar-refractivity contribution in [3.63, 3.8) is 0 Å². The molecule has 1 aromatic heterocycles. The molecule has 90 valence electrons. The SMILES string of the molecule is O=S(=O)(C1CCOC1)n1ccc2ccccc21. The van der Waals surface area contributed by atoms with E-state index in [1.54, 1.807) is 6.20 Å². The van der Waals surface area contributed by atoms with Crippen molar-refractivity contribution in [1.82, 2.24) is 3.97 Å². The van der Waals surface area contributed by atoms with Gasteiger partial charge in [-0.15, -0.1) is 0 Å². The summed E-state index contributed by atoms with van der Waals surface area (Å²) in [5, 5.41) is 0.522. The van der Waals surface area contributed by atoms with Crippen molar-refractivity contribution in [3.05, 3.63) is 36.5 Å². The summed E-state index contributed by atoms with van der Waals surface area (Å²) in [6, 6.07) is 9.30. The Morgan fingerprint density at radius 1 is 1.24 bits per heavy atom. The number of para-hydroxylation sites is 1. The Bertz CT molecular complexity index is 639. The molecule has 0 spiro atoms. The molecular weight excluding hydrogens is 238 g/mol. The van der Waals surface area contributed by atoms with Crippen molar-refractivity contribution in [1.29, 1.82) is 0 Å². The number of hydrogen-bond acceptors (Lipinski definition) is 3. The van der Waals surface area contributed by atoms with Gasteiger partial charge in [-0.2, -0.15) is 0 Å². The number of nitrogens with zero attached hydrogens (tertiary/aromatic N) is 1. The first-order chi connectivity index (χ1) is 8.19. The first-order valence-electron chi connectivity index (χ1n) is 5.58. The van der Waals surface area contributed by atoms with Gasteiger partial charge in [0.2, 0.25) is 10.0 Å². The van der Waals surface area contributed by atoms with Crippen LogP contribution in [0.4, 0.5) is 0 Å². The number of ether oxygens (including phenoxy) is 1. The van der Waals surface area contributed by atoms with Crippen LogP contribution in [0, 0.1) is 0 Å². The van der Waals surface area contributed by atoms with E-state index in [1.807, 2.05) is 30.3 Å². The summed E-state index contributed by atoms with van der Waals surface area (Å²) in [6.45, 7) is 0.831. The number of fused-ring (bicyclic) bond motifs is 1. The third-order valence-electron chi connectivity index (χ3n) is 3.15. The quantitative estimate of drug-likeness (QED) is 0.814. The van der Waals surface area contributed by atoms with Gasteiger partial charge in [-0.3, -0.25) is 0 Å². The Morgan fingerprint density at radius 3 is 2.82 bits per heavy atom. The molecule has 5 heteroatoms. The second kappa shape index (κ2) is 3.85. The maximum absolute atomic E-state index is 12.4. The minimum atomic E-state index is -3.33. The molecular formula is C12H13NO3S. The van der Waals surface area contributed by atoms with E-state index in [1.165, 1.54) is 3.97 Å². The van der Waals surface area contributed by atoms with Crippen LogP contribution in [-0.4, -0.2) is 30.9 Å². The molecule has 0 bridgehead atoms. The van der Waals surface area contributed by atoms with Crippen molar-refractivity contribution in [2.45, 2.75) is 11.7 Å². The highest BCUT2D eigenvalue weighted by Crippen LogP contribution is 2.22. The molecule has 1 atom stereocenters. The zero-order valence-electron chi connectivity index (χ0n) is 9.24. The fraction of sp³-hybridized carbons (Fsp3) is 0.333. The van der Waals surface area contributed by atoms with Gasteiger partial charge in [0.15, 0.2) is 0 Å². The van der Waals surface area contributed by atoms with Crippen LogP contribution in [0.1, 0.15) is 6.42 Å². The number of benzene rings is 1. The zero-order chi connectivity index (χ0) is 11.9. The Kier molecular flexibility index (Phi) is 2.45. The van der Waals surface area contributed by atoms with Gasteiger partial charge < -0.3 is 4.74 Å². The highest BCUT2D eigenvalue weighted by atomic mass is 32.2. The van der Waals surface area contributed by atoms with E-state index in [2.05, 4.69) is 0 Å². The van der Waals surface area contributed by atoms with Crippen molar-refractivity contribution >= 4 is 20.9 Å². The molecule has 1 aromatic carbocycles. The van der Waals surface area contributed by atoms with Crippen molar-refractivity contribution in [3.8, 4) is 0 Å². The van der Waals surface area contributed by atoms with Crippen LogP contribution in [0.15, 0.2) is 36.5 Å². The monoisotopic (exact) mass is 251 g/mol. The van der Waals surface area contributed by atoms with Gasteiger partial charge >= 0.3 is 0 Å². The van der Waals surface area contributed by atoms with Crippen LogP contribution in [-0.2, 0) is 14.8 Å². The molecule has 0 N–H and O–H groups in total. The second-order valence-corrected chi connectivity index (χ2v) is 6.29. The lowest BCUT2D eigenvalue weighted by atomic mass is 10.3. The van der Waals surface area contributed by atoms with Crippen LogP contribution >= 0.6 is 0 Å². The molecule has 1 aliphatic rings. The van der Waals surface area contributed by atoms with Gasteiger partial charge in [0, 0.05) is 18.2 Å². The summed E-state index contributed by atoms with van der Waals surface area (Å²) < 4.78 is 31.3. The molecule has 2 aromatic rings. The predicted molar refractivity (Wildman–Crippen MR) is 65.5 cm³/mol. The average Bonchev–Trinajstić information content (AvgIpc) is 2.99. The summed E-state index contributed by atoms with van der Waals surface area (Å²) >= 11 is 0. The molecule has 1 unspecified atom stereocenters. The molecule has 3 rings (SSSR count). The first-order valence-corrected chi connectivity index (χ1v) is 7.08. The molecule has 0 radical (unpaired) electrons. The Morgan fingerprint density at radius 2 is 2.06 bits per heavy atom. The van der Waals surface area contributed by atoms with Crippen LogP contribution < -0.4 is 0 Å². The number of aromatic nitrogens is 1. The molecule has 2 heterocycles. The normalized spacial score (nSPS) is 21.1. The fourth-order valence-electron chi connectivity index (χ4n) is 2.19. The van der Waals surface area contributed by atoms with Crippen molar-refractivity contribution in [2.24, 2.45) is 0 Å². The maximum Gasteiger partial charge on any atom is 0.244 e. The minimum absolute atomic E-state index is 0.300. The summed E-state index contributed by atoms with van der Waals surface area (Å²) in [7, 11) is -3.33. The van der Waals surface area contributed by atoms with Crippen LogP contribution in [0.25, 0.3) is 10.9 Å². The lowest BCUT2D eigenvalue weighted by Crippen LogP contribution is -2.27. The lowest BCUT2D eigenvalue weighted by Gasteiger charge is -2.12. The van der Waals surface area contributed by atoms with Crippen LogP contribution in [0.5, 0.6) is 0 Å². The van der Waals surface area contributed by atoms with E-state index >= 15 is 0 Å². The van der Waals surface area contributed by atoms with Gasteiger partial charge in [0.05, 0.1) is 12.1 Å². The third-order valence-corrected chi connectivity index (χ3v) is 5.23. The summed E-state index contributed by atoms with van der Waals surface area (Å²) in [4.78, 5) is 0. The van der Waals surface area contributed by atoms with Crippen LogP contribution in [0.3, 0.4) is 0 Å². The van der Waals surface area contributed by atoms with Crippen molar-refractivity contribution < 1.29 is 13.2 Å². The lowest BCUT2D eigenvalue weighted by molar-refractivity contribution is 0.198. The highest BCUT2D eigenvalue weighted by molar-refractivity contribution is 7.90. The third kappa shape index (κ3) is 1.66. The Labute approximate surface area is 99.9 Å². The van der Waals surface area contributed by atoms with E-state index in [-0.39, 0.29) is 0 Å². The predicted octanol–water partition coefficient (Wildman–Crippen LogP) is 1.61. The minimum Gasteiger partial charge on any atom is -0.380 e. The Hall–Kier alpha value is -1.33. The molecule has 1 fully saturated rings. The van der Waals surface area contributed by atoms with E-state index in [9.17, 15) is 8.42 Å². The Balaban J connectivity index is 2.14. The first kappa shape index (κ1) is 10.8. The van der Waals surface area contributed by atoms with E-state index in [0.717, 1.165) is 10.9 Å². The number of rotatable bonds is 2. The topological polar surface area (TPSA) is 48.3 Å². The molecule has 0 saturated carbocycles. The maximum atomic E-state index is 12.4. The zero-order valence-corrected chi connectivity index (χ0v) is 10.1. The average molecular weight is 251 g/mol. The van der Waals surface area contributed by atoms with E-state index in [4.69, 9.17) is 4.74 Å². The molecule has 1 saturated heterocycles. The number of hydrogen-bond donors (Lipinski definition) is 0. The van der Waals surface area contributed by atoms with Gasteiger partial charge in [-0.05, 0) is 18.6 Å².